The lowest BCUT2D eigenvalue weighted by Crippen LogP contribution is -2.36. The van der Waals surface area contributed by atoms with E-state index in [0.29, 0.717) is 19.3 Å². The van der Waals surface area contributed by atoms with Crippen molar-refractivity contribution in [1.29, 1.82) is 0 Å². The molecule has 0 amide bonds. The summed E-state index contributed by atoms with van der Waals surface area (Å²) in [6, 6.07) is 0. The summed E-state index contributed by atoms with van der Waals surface area (Å²) in [5.41, 5.74) is 0. The average molecular weight is 1740 g/mol. The van der Waals surface area contributed by atoms with Crippen LogP contribution in [0, 0.1) is 0 Å². The molecular weight excluding hydrogens is 1540 g/mol. The second-order valence-electron chi connectivity index (χ2n) is 36.7. The first kappa shape index (κ1) is 119. The zero-order valence-electron chi connectivity index (χ0n) is 81.5. The van der Waals surface area contributed by atoms with Gasteiger partial charge in [0.15, 0.2) is 6.10 Å². The maximum atomic E-state index is 13.5. The predicted octanol–water partition coefficient (Wildman–Crippen LogP) is 26.3. The van der Waals surface area contributed by atoms with Gasteiger partial charge in [0.1, 0.15) is 31.5 Å². The molecule has 18 heteroatoms. The van der Waals surface area contributed by atoms with Crippen molar-refractivity contribution in [2.75, 3.05) is 73.6 Å². The van der Waals surface area contributed by atoms with Crippen LogP contribution in [0.25, 0.3) is 0 Å². The molecule has 0 aliphatic carbocycles. The van der Waals surface area contributed by atoms with Crippen LogP contribution in [0.2, 0.25) is 0 Å². The second-order valence-corrected chi connectivity index (χ2v) is 36.7. The first-order chi connectivity index (χ1) is 59.9. The predicted molar refractivity (Wildman–Crippen MR) is 512 cm³/mol. The van der Waals surface area contributed by atoms with Crippen LogP contribution in [0.1, 0.15) is 485 Å². The van der Waals surface area contributed by atoms with Crippen LogP contribution in [0.4, 0.5) is 0 Å². The molecule has 0 heterocycles. The van der Waals surface area contributed by atoms with Gasteiger partial charge in [-0.2, -0.15) is 0 Å². The molecule has 0 aromatic rings. The molecule has 0 aliphatic rings. The van der Waals surface area contributed by atoms with Crippen molar-refractivity contribution in [1.82, 2.24) is 14.7 Å². The fourth-order valence-corrected chi connectivity index (χ4v) is 16.2. The molecule has 0 aliphatic heterocycles. The summed E-state index contributed by atoms with van der Waals surface area (Å²) in [6.45, 7) is 15.0. The van der Waals surface area contributed by atoms with Gasteiger partial charge in [-0.25, -0.2) is 0 Å². The fourth-order valence-electron chi connectivity index (χ4n) is 16.2. The minimum Gasteiger partial charge on any atom is -0.461 e. The maximum absolute atomic E-state index is 13.5. The van der Waals surface area contributed by atoms with E-state index >= 15 is 0 Å². The number of esters is 6. The molecule has 0 aromatic heterocycles. The van der Waals surface area contributed by atoms with E-state index in [1.54, 1.807) is 36.5 Å². The largest absolute Gasteiger partial charge is 0.461 e. The fraction of sp³-hybridized carbons (Fsp3) is 0.886. The van der Waals surface area contributed by atoms with Gasteiger partial charge < -0.3 is 43.7 Å². The van der Waals surface area contributed by atoms with Crippen LogP contribution < -0.4 is 0 Å². The van der Waals surface area contributed by atoms with Gasteiger partial charge in [0.25, 0.3) is 0 Å². The summed E-state index contributed by atoms with van der Waals surface area (Å²) < 4.78 is 34.7. The molecule has 6 atom stereocenters. The molecule has 0 aromatic carbocycles. The van der Waals surface area contributed by atoms with E-state index in [-0.39, 0.29) is 76.1 Å². The standard InChI is InChI=1S/C105H197N3O15/c1-10-16-22-25-28-31-34-37-40-43-46-49-52-55-58-61-73-85-106(7)88-103(115)121-97(79-64-19-13-4)94(109)76-67-70-82-100(112)118-91-93(120-102(114)84-72-69-78-96(111)99(81-66-21-15-6)123-105(117)90-108(9)87-75-63-60-57-54-51-48-45-42-39-36-33-30-27-24-18-12-3)92-119-101(113)83-71-68-77-95(110)98(80-65-20-14-5)122-104(116)89-107(8)86-74-62-59-56-53-50-47-44-41-38-35-32-29-26-23-17-11-2/h67-72,93-99,109-111H,10-66,73-92H2,1-9H3. The number of ether oxygens (including phenoxy) is 6. The molecule has 18 nitrogen and oxygen atoms in total. The Labute approximate surface area is 756 Å². The van der Waals surface area contributed by atoms with Gasteiger partial charge in [0.2, 0.25) is 0 Å². The van der Waals surface area contributed by atoms with Gasteiger partial charge in [0.05, 0.1) is 57.2 Å². The van der Waals surface area contributed by atoms with Crippen molar-refractivity contribution >= 4 is 35.8 Å². The van der Waals surface area contributed by atoms with Crippen molar-refractivity contribution in [2.45, 2.75) is 527 Å². The zero-order valence-corrected chi connectivity index (χ0v) is 81.5. The molecule has 0 rings (SSSR count). The number of likely N-dealkylation sites (N-methyl/N-ethyl adjacent to an activating group) is 3. The summed E-state index contributed by atoms with van der Waals surface area (Å²) in [7, 11) is 5.79. The van der Waals surface area contributed by atoms with Gasteiger partial charge in [-0.15, -0.1) is 0 Å². The molecule has 0 fully saturated rings. The monoisotopic (exact) mass is 1740 g/mol. The zero-order chi connectivity index (χ0) is 90.2. The normalized spacial score (nSPS) is 13.7. The first-order valence-corrected chi connectivity index (χ1v) is 52.1. The van der Waals surface area contributed by atoms with Crippen molar-refractivity contribution in [3.8, 4) is 0 Å². The quantitative estimate of drug-likeness (QED) is 0.0222. The van der Waals surface area contributed by atoms with Crippen LogP contribution >= 0.6 is 0 Å². The summed E-state index contributed by atoms with van der Waals surface area (Å²) in [6.07, 6.45) is 79.4. The Kier molecular flexibility index (Phi) is 88.0. The Morgan fingerprint density at radius 3 is 0.634 bits per heavy atom. The lowest BCUT2D eigenvalue weighted by atomic mass is 10.0. The highest BCUT2D eigenvalue weighted by Gasteiger charge is 2.27. The Morgan fingerprint density at radius 2 is 0.423 bits per heavy atom. The van der Waals surface area contributed by atoms with Gasteiger partial charge in [-0.05, 0) is 118 Å². The average Bonchev–Trinajstić information content (AvgIpc) is 0.934. The number of carbonyl (C=O) groups is 6. The Balaban J connectivity index is 5.71. The molecule has 0 radical (unpaired) electrons. The van der Waals surface area contributed by atoms with Gasteiger partial charge in [0, 0.05) is 0 Å². The maximum Gasteiger partial charge on any atom is 0.320 e. The van der Waals surface area contributed by atoms with E-state index < -0.39 is 73.8 Å². The summed E-state index contributed by atoms with van der Waals surface area (Å²) in [4.78, 5) is 85.9. The third kappa shape index (κ3) is 82.0. The molecule has 0 saturated heterocycles. The van der Waals surface area contributed by atoms with E-state index in [4.69, 9.17) is 28.4 Å². The SMILES string of the molecule is CCCCCCCCCCCCCCCCCCCN(C)CC(=O)OC(CCCCC)C(O)CC=CCC(=O)OCC(COC(=O)CC=CCC(O)C(CCCCC)OC(=O)CN(C)CCCCCCCCCCCCCCCCCCC)OC(=O)CC=CCC(O)C(CCCCC)OC(=O)CN(C)CCCCCCCCCCCCCCCCCCC. The lowest BCUT2D eigenvalue weighted by molar-refractivity contribution is -0.165. The van der Waals surface area contributed by atoms with E-state index in [2.05, 4.69) is 41.5 Å². The van der Waals surface area contributed by atoms with E-state index in [1.807, 2.05) is 35.8 Å². The highest BCUT2D eigenvalue weighted by molar-refractivity contribution is 5.74. The molecule has 3 N–H and O–H groups in total. The number of hydrogen-bond donors (Lipinski definition) is 3. The molecule has 0 spiro atoms. The van der Waals surface area contributed by atoms with Gasteiger partial charge in [-0.1, -0.05) is 425 Å². The van der Waals surface area contributed by atoms with Gasteiger partial charge >= 0.3 is 35.8 Å². The van der Waals surface area contributed by atoms with E-state index in [1.165, 1.54) is 289 Å². The Hall–Kier alpha value is -4.20. The number of aliphatic hydroxyl groups is 3. The molecule has 722 valence electrons. The van der Waals surface area contributed by atoms with Crippen molar-refractivity contribution in [2.24, 2.45) is 0 Å². The smallest absolute Gasteiger partial charge is 0.320 e. The highest BCUT2D eigenvalue weighted by Crippen LogP contribution is 2.23. The summed E-state index contributed by atoms with van der Waals surface area (Å²) in [5.74, 6) is -3.16. The number of aliphatic hydroxyl groups excluding tert-OH is 3. The molecular formula is C105H197N3O15. The topological polar surface area (TPSA) is 228 Å². The van der Waals surface area contributed by atoms with Gasteiger partial charge in [-0.3, -0.25) is 43.5 Å². The van der Waals surface area contributed by atoms with Crippen LogP contribution in [0.5, 0.6) is 0 Å². The van der Waals surface area contributed by atoms with Crippen molar-refractivity contribution in [3.05, 3.63) is 36.5 Å². The van der Waals surface area contributed by atoms with E-state index in [9.17, 15) is 44.1 Å². The highest BCUT2D eigenvalue weighted by atomic mass is 16.6. The van der Waals surface area contributed by atoms with Crippen LogP contribution in [0.3, 0.4) is 0 Å². The number of unbranched alkanes of at least 4 members (excludes halogenated alkanes) is 54. The number of carbonyl (C=O) groups excluding carboxylic acids is 6. The second kappa shape index (κ2) is 91.1. The van der Waals surface area contributed by atoms with Crippen LogP contribution in [-0.2, 0) is 57.2 Å². The molecule has 0 saturated carbocycles. The van der Waals surface area contributed by atoms with Crippen LogP contribution in [-0.4, -0.2) is 182 Å². The number of nitrogens with zero attached hydrogens (tertiary/aromatic N) is 3. The minimum absolute atomic E-state index is 0.115. The minimum atomic E-state index is -1.19. The Morgan fingerprint density at radius 1 is 0.236 bits per heavy atom. The van der Waals surface area contributed by atoms with E-state index in [0.717, 1.165) is 116 Å². The summed E-state index contributed by atoms with van der Waals surface area (Å²) >= 11 is 0. The third-order valence-corrected chi connectivity index (χ3v) is 24.2. The molecule has 0 bridgehead atoms. The molecule has 123 heavy (non-hydrogen) atoms. The third-order valence-electron chi connectivity index (χ3n) is 24.2. The summed E-state index contributed by atoms with van der Waals surface area (Å²) in [5, 5.41) is 34.1. The Bertz CT molecular complexity index is 2350. The van der Waals surface area contributed by atoms with Crippen molar-refractivity contribution in [3.63, 3.8) is 0 Å². The number of rotatable bonds is 95. The number of hydrogen-bond acceptors (Lipinski definition) is 18. The van der Waals surface area contributed by atoms with Crippen molar-refractivity contribution < 1.29 is 72.5 Å². The van der Waals surface area contributed by atoms with Crippen LogP contribution in [0.15, 0.2) is 36.5 Å². The first-order valence-electron chi connectivity index (χ1n) is 52.1. The molecule has 6 unspecified atom stereocenters. The lowest BCUT2D eigenvalue weighted by Gasteiger charge is -2.24.